The SMILES string of the molecule is COc1ccc(C(=O)Nc2ccccc2OCC(F)(F)F)cc1F. The van der Waals surface area contributed by atoms with Gasteiger partial charge in [0.15, 0.2) is 18.2 Å². The summed E-state index contributed by atoms with van der Waals surface area (Å²) in [6.07, 6.45) is -4.50. The first-order valence-corrected chi connectivity index (χ1v) is 6.73. The monoisotopic (exact) mass is 343 g/mol. The largest absolute Gasteiger partial charge is 0.494 e. The lowest BCUT2D eigenvalue weighted by Crippen LogP contribution is -2.20. The molecule has 0 aliphatic rings. The van der Waals surface area contributed by atoms with Gasteiger partial charge in [-0.2, -0.15) is 13.2 Å². The quantitative estimate of drug-likeness (QED) is 0.834. The van der Waals surface area contributed by atoms with Gasteiger partial charge in [-0.3, -0.25) is 4.79 Å². The van der Waals surface area contributed by atoms with E-state index in [1.54, 1.807) is 0 Å². The second kappa shape index (κ2) is 7.20. The van der Waals surface area contributed by atoms with E-state index in [0.29, 0.717) is 0 Å². The lowest BCUT2D eigenvalue weighted by atomic mass is 10.2. The van der Waals surface area contributed by atoms with Gasteiger partial charge in [-0.1, -0.05) is 12.1 Å². The number of methoxy groups -OCH3 is 1. The average Bonchev–Trinajstić information content (AvgIpc) is 2.53. The van der Waals surface area contributed by atoms with E-state index in [4.69, 9.17) is 4.74 Å². The molecule has 0 aliphatic carbocycles. The number of hydrogen-bond donors (Lipinski definition) is 1. The van der Waals surface area contributed by atoms with Gasteiger partial charge in [0, 0.05) is 5.56 Å². The number of hydrogen-bond acceptors (Lipinski definition) is 3. The molecule has 0 spiro atoms. The molecule has 0 heterocycles. The zero-order valence-corrected chi connectivity index (χ0v) is 12.5. The summed E-state index contributed by atoms with van der Waals surface area (Å²) in [6, 6.07) is 9.22. The molecule has 0 saturated carbocycles. The van der Waals surface area contributed by atoms with Gasteiger partial charge in [-0.05, 0) is 30.3 Å². The van der Waals surface area contributed by atoms with Gasteiger partial charge in [0.25, 0.3) is 5.91 Å². The minimum absolute atomic E-state index is 0.0149. The molecule has 24 heavy (non-hydrogen) atoms. The second-order valence-corrected chi connectivity index (χ2v) is 4.70. The van der Waals surface area contributed by atoms with Crippen LogP contribution in [0.3, 0.4) is 0 Å². The lowest BCUT2D eigenvalue weighted by Gasteiger charge is -2.14. The Labute approximate surface area is 135 Å². The average molecular weight is 343 g/mol. The first-order chi connectivity index (χ1) is 11.3. The Hall–Kier alpha value is -2.77. The van der Waals surface area contributed by atoms with Gasteiger partial charge in [0.2, 0.25) is 0 Å². The molecule has 1 amide bonds. The van der Waals surface area contributed by atoms with Crippen molar-refractivity contribution in [1.29, 1.82) is 0 Å². The molecule has 0 bridgehead atoms. The molecular formula is C16H13F4NO3. The summed E-state index contributed by atoms with van der Waals surface area (Å²) >= 11 is 0. The Morgan fingerprint density at radius 2 is 1.83 bits per heavy atom. The number of benzene rings is 2. The molecule has 4 nitrogen and oxygen atoms in total. The number of carbonyl (C=O) groups is 1. The van der Waals surface area contributed by atoms with Crippen molar-refractivity contribution in [1.82, 2.24) is 0 Å². The summed E-state index contributed by atoms with van der Waals surface area (Å²) in [7, 11) is 1.28. The fourth-order valence-electron chi connectivity index (χ4n) is 1.86. The van der Waals surface area contributed by atoms with Crippen molar-refractivity contribution in [3.8, 4) is 11.5 Å². The third-order valence-corrected chi connectivity index (χ3v) is 2.94. The van der Waals surface area contributed by atoms with Crippen LogP contribution < -0.4 is 14.8 Å². The predicted molar refractivity (Wildman–Crippen MR) is 78.9 cm³/mol. The van der Waals surface area contributed by atoms with Crippen LogP contribution in [0.25, 0.3) is 0 Å². The number of rotatable bonds is 5. The van der Waals surface area contributed by atoms with Crippen molar-refractivity contribution in [2.45, 2.75) is 6.18 Å². The van der Waals surface area contributed by atoms with Gasteiger partial charge in [-0.25, -0.2) is 4.39 Å². The molecule has 1 N–H and O–H groups in total. The van der Waals surface area contributed by atoms with E-state index >= 15 is 0 Å². The minimum atomic E-state index is -4.50. The van der Waals surface area contributed by atoms with Gasteiger partial charge >= 0.3 is 6.18 Å². The van der Waals surface area contributed by atoms with Gasteiger partial charge in [0.1, 0.15) is 5.75 Å². The highest BCUT2D eigenvalue weighted by molar-refractivity contribution is 6.05. The molecule has 0 unspecified atom stereocenters. The number of alkyl halides is 3. The molecule has 2 rings (SSSR count). The normalized spacial score (nSPS) is 11.0. The maximum absolute atomic E-state index is 13.6. The van der Waals surface area contributed by atoms with Crippen LogP contribution >= 0.6 is 0 Å². The second-order valence-electron chi connectivity index (χ2n) is 4.70. The van der Waals surface area contributed by atoms with Crippen LogP contribution in [-0.4, -0.2) is 25.8 Å². The molecule has 2 aromatic rings. The molecule has 2 aromatic carbocycles. The van der Waals surface area contributed by atoms with Gasteiger partial charge in [-0.15, -0.1) is 0 Å². The van der Waals surface area contributed by atoms with E-state index < -0.39 is 24.5 Å². The van der Waals surface area contributed by atoms with Gasteiger partial charge < -0.3 is 14.8 Å². The van der Waals surface area contributed by atoms with Crippen molar-refractivity contribution in [2.75, 3.05) is 19.0 Å². The molecule has 0 atom stereocenters. The summed E-state index contributed by atoms with van der Waals surface area (Å²) in [5, 5.41) is 2.39. The summed E-state index contributed by atoms with van der Waals surface area (Å²) in [5.74, 6) is -1.59. The smallest absolute Gasteiger partial charge is 0.422 e. The van der Waals surface area contributed by atoms with Crippen molar-refractivity contribution in [3.63, 3.8) is 0 Å². The van der Waals surface area contributed by atoms with Crippen LogP contribution in [0, 0.1) is 5.82 Å². The number of para-hydroxylation sites is 2. The number of amides is 1. The topological polar surface area (TPSA) is 47.6 Å². The standard InChI is InChI=1S/C16H13F4NO3/c1-23-13-7-6-10(8-11(13)17)15(22)21-12-4-2-3-5-14(12)24-9-16(18,19)20/h2-8H,9H2,1H3,(H,21,22). The lowest BCUT2D eigenvalue weighted by molar-refractivity contribution is -0.153. The number of halogens is 4. The third kappa shape index (κ3) is 4.61. The molecule has 8 heteroatoms. The molecule has 0 saturated heterocycles. The highest BCUT2D eigenvalue weighted by Gasteiger charge is 2.29. The Morgan fingerprint density at radius 3 is 2.46 bits per heavy atom. The fraction of sp³-hybridized carbons (Fsp3) is 0.188. The summed E-state index contributed by atoms with van der Waals surface area (Å²) < 4.78 is 59.8. The van der Waals surface area contributed by atoms with E-state index in [1.807, 2.05) is 0 Å². The van der Waals surface area contributed by atoms with Crippen LogP contribution in [0.2, 0.25) is 0 Å². The Bertz CT molecular complexity index is 732. The first kappa shape index (κ1) is 17.6. The highest BCUT2D eigenvalue weighted by atomic mass is 19.4. The Kier molecular flexibility index (Phi) is 5.28. The van der Waals surface area contributed by atoms with E-state index in [1.165, 1.54) is 43.5 Å². The number of carbonyl (C=O) groups excluding carboxylic acids is 1. The summed E-state index contributed by atoms with van der Waals surface area (Å²) in [6.45, 7) is -1.49. The maximum atomic E-state index is 13.6. The molecule has 0 fully saturated rings. The predicted octanol–water partition coefficient (Wildman–Crippen LogP) is 4.03. The van der Waals surface area contributed by atoms with Crippen LogP contribution in [0.4, 0.5) is 23.2 Å². The zero-order valence-electron chi connectivity index (χ0n) is 12.5. The Balaban J connectivity index is 2.16. The van der Waals surface area contributed by atoms with Crippen LogP contribution in [0.1, 0.15) is 10.4 Å². The summed E-state index contributed by atoms with van der Waals surface area (Å²) in [4.78, 5) is 12.1. The first-order valence-electron chi connectivity index (χ1n) is 6.73. The number of nitrogens with one attached hydrogen (secondary N) is 1. The molecule has 0 aliphatic heterocycles. The van der Waals surface area contributed by atoms with E-state index in [-0.39, 0.29) is 22.7 Å². The van der Waals surface area contributed by atoms with Crippen molar-refractivity contribution in [2.24, 2.45) is 0 Å². The number of anilines is 1. The van der Waals surface area contributed by atoms with Crippen molar-refractivity contribution in [3.05, 3.63) is 53.8 Å². The van der Waals surface area contributed by atoms with Crippen LogP contribution in [0.5, 0.6) is 11.5 Å². The van der Waals surface area contributed by atoms with E-state index in [0.717, 1.165) is 6.07 Å². The van der Waals surface area contributed by atoms with Gasteiger partial charge in [0.05, 0.1) is 12.8 Å². The van der Waals surface area contributed by atoms with Crippen molar-refractivity contribution >= 4 is 11.6 Å². The molecular weight excluding hydrogens is 330 g/mol. The van der Waals surface area contributed by atoms with Crippen molar-refractivity contribution < 1.29 is 31.8 Å². The molecule has 0 aromatic heterocycles. The minimum Gasteiger partial charge on any atom is -0.494 e. The third-order valence-electron chi connectivity index (χ3n) is 2.94. The van der Waals surface area contributed by atoms with E-state index in [9.17, 15) is 22.4 Å². The fourth-order valence-corrected chi connectivity index (χ4v) is 1.86. The Morgan fingerprint density at radius 1 is 1.12 bits per heavy atom. The van der Waals surface area contributed by atoms with Crippen LogP contribution in [-0.2, 0) is 0 Å². The maximum Gasteiger partial charge on any atom is 0.422 e. The molecule has 0 radical (unpaired) electrons. The summed E-state index contributed by atoms with van der Waals surface area (Å²) in [5.41, 5.74) is 0.0295. The van der Waals surface area contributed by atoms with E-state index in [2.05, 4.69) is 10.1 Å². The highest BCUT2D eigenvalue weighted by Crippen LogP contribution is 2.27. The molecule has 128 valence electrons. The number of ether oxygens (including phenoxy) is 2. The zero-order chi connectivity index (χ0) is 17.7. The van der Waals surface area contributed by atoms with Crippen LogP contribution in [0.15, 0.2) is 42.5 Å².